The summed E-state index contributed by atoms with van der Waals surface area (Å²) in [7, 11) is 1.58. The van der Waals surface area contributed by atoms with Gasteiger partial charge in [-0.25, -0.2) is 0 Å². The summed E-state index contributed by atoms with van der Waals surface area (Å²) < 4.78 is 0. The van der Waals surface area contributed by atoms with Crippen molar-refractivity contribution in [3.8, 4) is 0 Å². The molecule has 0 aliphatic rings. The van der Waals surface area contributed by atoms with E-state index in [1.807, 2.05) is 27.7 Å². The summed E-state index contributed by atoms with van der Waals surface area (Å²) in [5.74, 6) is 0.161. The highest BCUT2D eigenvalue weighted by Gasteiger charge is 2.07. The highest BCUT2D eigenvalue weighted by molar-refractivity contribution is 5.91. The van der Waals surface area contributed by atoms with E-state index in [1.165, 1.54) is 0 Å². The van der Waals surface area contributed by atoms with Gasteiger partial charge in [0.05, 0.1) is 6.20 Å². The van der Waals surface area contributed by atoms with Crippen LogP contribution >= 0.6 is 0 Å². The number of nitrogens with zero attached hydrogens (tertiary/aromatic N) is 2. The standard InChI is InChI=1S/C9H13N3O.C2H6/c1-6(2)7-4-8(9(13)10-3)12-11-5-7;1-2/h4-6H,1-3H3,(H,10,13);1-2H3. The van der Waals surface area contributed by atoms with Crippen molar-refractivity contribution in [2.45, 2.75) is 33.6 Å². The molecule has 15 heavy (non-hydrogen) atoms. The molecule has 0 fully saturated rings. The van der Waals surface area contributed by atoms with Gasteiger partial charge in [-0.1, -0.05) is 27.7 Å². The quantitative estimate of drug-likeness (QED) is 0.810. The van der Waals surface area contributed by atoms with Gasteiger partial charge >= 0.3 is 0 Å². The van der Waals surface area contributed by atoms with Gasteiger partial charge in [-0.05, 0) is 17.5 Å². The number of carbonyl (C=O) groups is 1. The molecule has 84 valence electrons. The zero-order chi connectivity index (χ0) is 11.8. The molecule has 1 heterocycles. The molecule has 1 amide bonds. The Bertz CT molecular complexity index is 310. The van der Waals surface area contributed by atoms with Crippen LogP contribution in [-0.2, 0) is 0 Å². The number of carbonyl (C=O) groups excluding carboxylic acids is 1. The summed E-state index contributed by atoms with van der Waals surface area (Å²) in [6, 6.07) is 1.76. The summed E-state index contributed by atoms with van der Waals surface area (Å²) in [4.78, 5) is 11.2. The Morgan fingerprint density at radius 1 is 1.40 bits per heavy atom. The third kappa shape index (κ3) is 4.06. The van der Waals surface area contributed by atoms with E-state index < -0.39 is 0 Å². The molecule has 0 atom stereocenters. The smallest absolute Gasteiger partial charge is 0.271 e. The van der Waals surface area contributed by atoms with Crippen molar-refractivity contribution in [2.75, 3.05) is 7.05 Å². The minimum absolute atomic E-state index is 0.199. The van der Waals surface area contributed by atoms with Gasteiger partial charge in [0.2, 0.25) is 0 Å². The van der Waals surface area contributed by atoms with Crippen LogP contribution < -0.4 is 5.32 Å². The normalized spacial score (nSPS) is 9.20. The van der Waals surface area contributed by atoms with Crippen molar-refractivity contribution in [1.82, 2.24) is 15.5 Å². The van der Waals surface area contributed by atoms with Crippen LogP contribution in [0.25, 0.3) is 0 Å². The molecule has 0 saturated heterocycles. The van der Waals surface area contributed by atoms with E-state index in [9.17, 15) is 4.79 Å². The first-order valence-electron chi connectivity index (χ1n) is 5.20. The molecular formula is C11H19N3O. The summed E-state index contributed by atoms with van der Waals surface area (Å²) in [5.41, 5.74) is 1.39. The lowest BCUT2D eigenvalue weighted by Gasteiger charge is -2.04. The molecule has 0 bridgehead atoms. The number of rotatable bonds is 2. The van der Waals surface area contributed by atoms with Crippen molar-refractivity contribution in [1.29, 1.82) is 0 Å². The molecular weight excluding hydrogens is 190 g/mol. The Labute approximate surface area is 91.1 Å². The summed E-state index contributed by atoms with van der Waals surface area (Å²) in [6.45, 7) is 8.09. The largest absolute Gasteiger partial charge is 0.354 e. The third-order valence-corrected chi connectivity index (χ3v) is 1.80. The first-order chi connectivity index (χ1) is 7.15. The van der Waals surface area contributed by atoms with Crippen molar-refractivity contribution >= 4 is 5.91 Å². The van der Waals surface area contributed by atoms with Crippen LogP contribution in [0.3, 0.4) is 0 Å². The van der Waals surface area contributed by atoms with Crippen LogP contribution in [0.15, 0.2) is 12.3 Å². The summed E-state index contributed by atoms with van der Waals surface area (Å²) in [6.07, 6.45) is 1.68. The lowest BCUT2D eigenvalue weighted by atomic mass is 10.1. The lowest BCUT2D eigenvalue weighted by Crippen LogP contribution is -2.20. The van der Waals surface area contributed by atoms with E-state index >= 15 is 0 Å². The number of nitrogens with one attached hydrogen (secondary N) is 1. The number of hydrogen-bond acceptors (Lipinski definition) is 3. The average Bonchev–Trinajstić information content (AvgIpc) is 2.30. The van der Waals surface area contributed by atoms with Crippen LogP contribution in [0.1, 0.15) is 49.7 Å². The molecule has 0 spiro atoms. The summed E-state index contributed by atoms with van der Waals surface area (Å²) >= 11 is 0. The maximum Gasteiger partial charge on any atom is 0.271 e. The molecule has 1 rings (SSSR count). The highest BCUT2D eigenvalue weighted by Crippen LogP contribution is 2.12. The Kier molecular flexibility index (Phi) is 6.25. The Morgan fingerprint density at radius 3 is 2.47 bits per heavy atom. The Hall–Kier alpha value is -1.45. The molecule has 4 nitrogen and oxygen atoms in total. The molecule has 4 heteroatoms. The number of hydrogen-bond donors (Lipinski definition) is 1. The maximum atomic E-state index is 11.2. The van der Waals surface area contributed by atoms with Crippen LogP contribution in [0.2, 0.25) is 0 Å². The van der Waals surface area contributed by atoms with E-state index in [4.69, 9.17) is 0 Å². The Balaban J connectivity index is 0.000000921. The van der Waals surface area contributed by atoms with Gasteiger partial charge in [-0.3, -0.25) is 4.79 Å². The molecule has 0 radical (unpaired) electrons. The van der Waals surface area contributed by atoms with Crippen molar-refractivity contribution in [3.05, 3.63) is 23.5 Å². The second-order valence-electron chi connectivity index (χ2n) is 3.11. The fraction of sp³-hybridized carbons (Fsp3) is 0.545. The minimum Gasteiger partial charge on any atom is -0.354 e. The third-order valence-electron chi connectivity index (χ3n) is 1.80. The highest BCUT2D eigenvalue weighted by atomic mass is 16.1. The fourth-order valence-electron chi connectivity index (χ4n) is 0.937. The van der Waals surface area contributed by atoms with E-state index in [-0.39, 0.29) is 5.91 Å². The van der Waals surface area contributed by atoms with Crippen molar-refractivity contribution < 1.29 is 4.79 Å². The van der Waals surface area contributed by atoms with Crippen LogP contribution in [0.5, 0.6) is 0 Å². The fourth-order valence-corrected chi connectivity index (χ4v) is 0.937. The summed E-state index contributed by atoms with van der Waals surface area (Å²) in [5, 5.41) is 10.0. The van der Waals surface area contributed by atoms with Crippen LogP contribution in [-0.4, -0.2) is 23.2 Å². The zero-order valence-corrected chi connectivity index (χ0v) is 10.0. The minimum atomic E-state index is -0.199. The molecule has 1 aromatic heterocycles. The second-order valence-corrected chi connectivity index (χ2v) is 3.11. The van der Waals surface area contributed by atoms with Crippen molar-refractivity contribution in [2.24, 2.45) is 0 Å². The van der Waals surface area contributed by atoms with Gasteiger partial charge in [0.25, 0.3) is 5.91 Å². The predicted octanol–water partition coefficient (Wildman–Crippen LogP) is 1.99. The van der Waals surface area contributed by atoms with Gasteiger partial charge in [0.15, 0.2) is 5.69 Å². The molecule has 0 saturated carbocycles. The molecule has 0 aliphatic carbocycles. The van der Waals surface area contributed by atoms with E-state index in [0.29, 0.717) is 11.6 Å². The first-order valence-corrected chi connectivity index (χ1v) is 5.20. The van der Waals surface area contributed by atoms with Crippen molar-refractivity contribution in [3.63, 3.8) is 0 Å². The lowest BCUT2D eigenvalue weighted by molar-refractivity contribution is 0.0957. The van der Waals surface area contributed by atoms with Gasteiger partial charge in [0, 0.05) is 7.05 Å². The van der Waals surface area contributed by atoms with Crippen LogP contribution in [0.4, 0.5) is 0 Å². The first kappa shape index (κ1) is 13.5. The van der Waals surface area contributed by atoms with Gasteiger partial charge in [-0.2, -0.15) is 5.10 Å². The second kappa shape index (κ2) is 6.92. The van der Waals surface area contributed by atoms with Gasteiger partial charge < -0.3 is 5.32 Å². The SMILES string of the molecule is CC.CNC(=O)c1cc(C(C)C)cnn1. The zero-order valence-electron chi connectivity index (χ0n) is 10.0. The molecule has 0 aromatic carbocycles. The van der Waals surface area contributed by atoms with Crippen LogP contribution in [0, 0.1) is 0 Å². The average molecular weight is 209 g/mol. The number of amides is 1. The maximum absolute atomic E-state index is 11.2. The van der Waals surface area contributed by atoms with Gasteiger partial charge in [-0.15, -0.1) is 5.10 Å². The number of aromatic nitrogens is 2. The molecule has 1 aromatic rings. The molecule has 0 unspecified atom stereocenters. The van der Waals surface area contributed by atoms with E-state index in [1.54, 1.807) is 19.3 Å². The Morgan fingerprint density at radius 2 is 2.00 bits per heavy atom. The van der Waals surface area contributed by atoms with E-state index in [2.05, 4.69) is 15.5 Å². The van der Waals surface area contributed by atoms with E-state index in [0.717, 1.165) is 5.56 Å². The predicted molar refractivity (Wildman–Crippen MR) is 60.9 cm³/mol. The molecule has 1 N–H and O–H groups in total. The monoisotopic (exact) mass is 209 g/mol. The van der Waals surface area contributed by atoms with Gasteiger partial charge in [0.1, 0.15) is 0 Å². The topological polar surface area (TPSA) is 54.9 Å². The molecule has 0 aliphatic heterocycles.